The molecule has 16 heavy (non-hydrogen) atoms. The molecule has 0 saturated carbocycles. The van der Waals surface area contributed by atoms with Crippen molar-refractivity contribution < 1.29 is 9.13 Å². The van der Waals surface area contributed by atoms with Crippen molar-refractivity contribution in [2.75, 3.05) is 0 Å². The normalized spacial score (nSPS) is 12.9. The number of hydrogen-bond donors (Lipinski definition) is 1. The smallest absolute Gasteiger partial charge is 0.218 e. The van der Waals surface area contributed by atoms with Crippen LogP contribution in [0.1, 0.15) is 32.8 Å². The Morgan fingerprint density at radius 2 is 2.12 bits per heavy atom. The summed E-state index contributed by atoms with van der Waals surface area (Å²) in [5.74, 6) is 0.609. The van der Waals surface area contributed by atoms with Crippen molar-refractivity contribution >= 4 is 0 Å². The molecule has 0 bridgehead atoms. The van der Waals surface area contributed by atoms with E-state index in [1.807, 2.05) is 6.92 Å². The molecule has 0 amide bonds. The van der Waals surface area contributed by atoms with E-state index in [-0.39, 0.29) is 18.5 Å². The second kappa shape index (κ2) is 5.80. The average Bonchev–Trinajstić information content (AvgIpc) is 2.19. The minimum Gasteiger partial charge on any atom is -0.474 e. The Balaban J connectivity index is 2.72. The van der Waals surface area contributed by atoms with E-state index in [9.17, 15) is 4.39 Å². The minimum atomic E-state index is -0.385. The van der Waals surface area contributed by atoms with Crippen molar-refractivity contribution in [2.45, 2.75) is 39.8 Å². The molecule has 0 saturated heterocycles. The lowest BCUT2D eigenvalue weighted by molar-refractivity contribution is 0.183. The van der Waals surface area contributed by atoms with Gasteiger partial charge in [0.15, 0.2) is 0 Å². The Morgan fingerprint density at radius 3 is 2.69 bits per heavy atom. The monoisotopic (exact) mass is 226 g/mol. The molecular formula is C12H19FN2O. The fourth-order valence-electron chi connectivity index (χ4n) is 1.62. The highest BCUT2D eigenvalue weighted by molar-refractivity contribution is 5.26. The largest absolute Gasteiger partial charge is 0.474 e. The minimum absolute atomic E-state index is 0.0586. The first-order chi connectivity index (χ1) is 7.52. The number of nitrogens with zero attached hydrogens (tertiary/aromatic N) is 1. The number of halogens is 1. The van der Waals surface area contributed by atoms with Gasteiger partial charge in [-0.1, -0.05) is 13.8 Å². The lowest BCUT2D eigenvalue weighted by Gasteiger charge is -2.17. The van der Waals surface area contributed by atoms with E-state index in [0.717, 1.165) is 12.6 Å². The third-order valence-electron chi connectivity index (χ3n) is 2.23. The van der Waals surface area contributed by atoms with Gasteiger partial charge in [-0.3, -0.25) is 0 Å². The van der Waals surface area contributed by atoms with Crippen molar-refractivity contribution in [3.63, 3.8) is 0 Å². The Morgan fingerprint density at radius 1 is 1.44 bits per heavy atom. The van der Waals surface area contributed by atoms with Gasteiger partial charge in [-0.15, -0.1) is 0 Å². The molecule has 3 nitrogen and oxygen atoms in total. The van der Waals surface area contributed by atoms with Crippen molar-refractivity contribution in [3.8, 4) is 5.88 Å². The topological polar surface area (TPSA) is 48.1 Å². The van der Waals surface area contributed by atoms with Crippen molar-refractivity contribution in [2.24, 2.45) is 11.7 Å². The number of rotatable bonds is 5. The summed E-state index contributed by atoms with van der Waals surface area (Å²) in [6.07, 6.45) is 2.14. The van der Waals surface area contributed by atoms with Gasteiger partial charge in [0, 0.05) is 12.1 Å². The second-order valence-electron chi connectivity index (χ2n) is 4.38. The first-order valence-electron chi connectivity index (χ1n) is 5.54. The van der Waals surface area contributed by atoms with Crippen LogP contribution >= 0.6 is 0 Å². The Bertz CT molecular complexity index is 342. The highest BCUT2D eigenvalue weighted by Crippen LogP contribution is 2.19. The molecule has 1 unspecified atom stereocenters. The zero-order valence-electron chi connectivity index (χ0n) is 10.0. The van der Waals surface area contributed by atoms with Crippen LogP contribution in [0.25, 0.3) is 0 Å². The van der Waals surface area contributed by atoms with E-state index in [1.165, 1.54) is 6.07 Å². The van der Waals surface area contributed by atoms with Gasteiger partial charge in [-0.25, -0.2) is 9.37 Å². The molecule has 1 atom stereocenters. The van der Waals surface area contributed by atoms with Crippen LogP contribution in [-0.4, -0.2) is 11.1 Å². The van der Waals surface area contributed by atoms with E-state index < -0.39 is 0 Å². The highest BCUT2D eigenvalue weighted by atomic mass is 19.1. The van der Waals surface area contributed by atoms with Crippen LogP contribution in [0.15, 0.2) is 12.3 Å². The van der Waals surface area contributed by atoms with Gasteiger partial charge in [-0.2, -0.15) is 0 Å². The first-order valence-corrected chi connectivity index (χ1v) is 5.54. The van der Waals surface area contributed by atoms with Crippen LogP contribution in [0, 0.1) is 11.7 Å². The van der Waals surface area contributed by atoms with Crippen LogP contribution in [0.3, 0.4) is 0 Å². The van der Waals surface area contributed by atoms with Gasteiger partial charge < -0.3 is 10.5 Å². The highest BCUT2D eigenvalue weighted by Gasteiger charge is 2.11. The molecule has 0 aromatic carbocycles. The lowest BCUT2D eigenvalue weighted by atomic mass is 10.1. The van der Waals surface area contributed by atoms with Gasteiger partial charge in [0.1, 0.15) is 5.82 Å². The summed E-state index contributed by atoms with van der Waals surface area (Å²) in [5.41, 5.74) is 6.12. The molecule has 0 spiro atoms. The number of nitrogens with two attached hydrogens (primary N) is 1. The molecule has 90 valence electrons. The summed E-state index contributed by atoms with van der Waals surface area (Å²) in [6, 6.07) is 1.37. The molecule has 0 radical (unpaired) electrons. The average molecular weight is 226 g/mol. The predicted octanol–water partition coefficient (Wildman–Crippen LogP) is 2.49. The molecule has 1 aromatic heterocycles. The maximum atomic E-state index is 12.9. The van der Waals surface area contributed by atoms with Crippen LogP contribution in [0.5, 0.6) is 5.88 Å². The Kier molecular flexibility index (Phi) is 4.68. The summed E-state index contributed by atoms with van der Waals surface area (Å²) in [7, 11) is 0. The summed E-state index contributed by atoms with van der Waals surface area (Å²) in [5, 5.41) is 0. The molecule has 0 aliphatic heterocycles. The standard InChI is InChI=1S/C12H19FN2O/c1-8(2)4-9(3)16-12-10(6-14)5-11(13)7-15-12/h5,7-9H,4,6,14H2,1-3H3. The van der Waals surface area contributed by atoms with Gasteiger partial charge in [0.25, 0.3) is 0 Å². The molecule has 2 N–H and O–H groups in total. The molecule has 0 fully saturated rings. The van der Waals surface area contributed by atoms with Gasteiger partial charge >= 0.3 is 0 Å². The summed E-state index contributed by atoms with van der Waals surface area (Å²) in [4.78, 5) is 3.92. The second-order valence-corrected chi connectivity index (χ2v) is 4.38. The van der Waals surface area contributed by atoms with Gasteiger partial charge in [0.05, 0.1) is 12.3 Å². The number of ether oxygens (including phenoxy) is 1. The summed E-state index contributed by atoms with van der Waals surface area (Å²) in [6.45, 7) is 6.46. The maximum Gasteiger partial charge on any atom is 0.218 e. The fourth-order valence-corrected chi connectivity index (χ4v) is 1.62. The maximum absolute atomic E-state index is 12.9. The fraction of sp³-hybridized carbons (Fsp3) is 0.583. The number of pyridine rings is 1. The van der Waals surface area contributed by atoms with Crippen molar-refractivity contribution in [3.05, 3.63) is 23.6 Å². The van der Waals surface area contributed by atoms with Crippen molar-refractivity contribution in [1.29, 1.82) is 0 Å². The quantitative estimate of drug-likeness (QED) is 0.839. The summed E-state index contributed by atoms with van der Waals surface area (Å²) < 4.78 is 18.6. The van der Waals surface area contributed by atoms with E-state index in [1.54, 1.807) is 0 Å². The zero-order valence-corrected chi connectivity index (χ0v) is 10.0. The predicted molar refractivity (Wildman–Crippen MR) is 61.6 cm³/mol. The molecule has 4 heteroatoms. The molecule has 1 aromatic rings. The number of aromatic nitrogens is 1. The van der Waals surface area contributed by atoms with Crippen LogP contribution in [-0.2, 0) is 6.54 Å². The van der Waals surface area contributed by atoms with E-state index >= 15 is 0 Å². The molecular weight excluding hydrogens is 207 g/mol. The SMILES string of the molecule is CC(C)CC(C)Oc1ncc(F)cc1CN. The van der Waals surface area contributed by atoms with E-state index in [4.69, 9.17) is 10.5 Å². The Labute approximate surface area is 95.8 Å². The molecule has 1 heterocycles. The van der Waals surface area contributed by atoms with Crippen molar-refractivity contribution in [1.82, 2.24) is 4.98 Å². The van der Waals surface area contributed by atoms with Crippen LogP contribution in [0.2, 0.25) is 0 Å². The number of hydrogen-bond acceptors (Lipinski definition) is 3. The van der Waals surface area contributed by atoms with Gasteiger partial charge in [-0.05, 0) is 25.3 Å². The first kappa shape index (κ1) is 12.9. The van der Waals surface area contributed by atoms with Gasteiger partial charge in [0.2, 0.25) is 5.88 Å². The molecule has 0 aliphatic rings. The third kappa shape index (κ3) is 3.77. The van der Waals surface area contributed by atoms with Crippen LogP contribution < -0.4 is 10.5 Å². The third-order valence-corrected chi connectivity index (χ3v) is 2.23. The zero-order chi connectivity index (χ0) is 12.1. The molecule has 0 aliphatic carbocycles. The van der Waals surface area contributed by atoms with Crippen LogP contribution in [0.4, 0.5) is 4.39 Å². The molecule has 1 rings (SSSR count). The lowest BCUT2D eigenvalue weighted by Crippen LogP contribution is -2.17. The van der Waals surface area contributed by atoms with E-state index in [2.05, 4.69) is 18.8 Å². The summed E-state index contributed by atoms with van der Waals surface area (Å²) >= 11 is 0. The Hall–Kier alpha value is -1.16. The van der Waals surface area contributed by atoms with E-state index in [0.29, 0.717) is 17.4 Å².